The van der Waals surface area contributed by atoms with E-state index in [1.165, 1.54) is 5.31 Å². The average molecular weight is 127 g/mol. The van der Waals surface area contributed by atoms with E-state index >= 15 is 0 Å². The maximum Gasteiger partial charge on any atom is 0.157 e. The first-order chi connectivity index (χ1) is 3.97. The Bertz CT molecular complexity index is 162. The third-order valence-corrected chi connectivity index (χ3v) is 2.35. The van der Waals surface area contributed by atoms with Crippen molar-refractivity contribution >= 4 is 8.38 Å². The van der Waals surface area contributed by atoms with Crippen LogP contribution < -0.4 is 0 Å². The molecule has 0 saturated heterocycles. The second-order valence-corrected chi connectivity index (χ2v) is 2.95. The number of hydrogen-bond donors (Lipinski definition) is 0. The molecular formula is C5H4O2P-. The zero-order valence-corrected chi connectivity index (χ0v) is 4.97. The molecule has 0 aliphatic carbocycles. The van der Waals surface area contributed by atoms with Crippen molar-refractivity contribution in [3.63, 3.8) is 0 Å². The molecular weight excluding hydrogens is 123 g/mol. The Balaban J connectivity index is 2.31. The molecule has 2 heterocycles. The van der Waals surface area contributed by atoms with E-state index in [-0.39, 0.29) is 0 Å². The standard InChI is InChI=1S/C5H4O2P/c1-3-6-8-5(1)2-4-7-8/h1-4H/q-1. The lowest BCUT2D eigenvalue weighted by Gasteiger charge is -2.09. The predicted octanol–water partition coefficient (Wildman–Crippen LogP) is 1.92. The first kappa shape index (κ1) is 4.42. The van der Waals surface area contributed by atoms with Crippen molar-refractivity contribution in [1.29, 1.82) is 0 Å². The number of hydrogen-bond acceptors (Lipinski definition) is 2. The van der Waals surface area contributed by atoms with Gasteiger partial charge in [0.25, 0.3) is 0 Å². The van der Waals surface area contributed by atoms with Gasteiger partial charge in [-0.15, -0.1) is 11.9 Å². The largest absolute Gasteiger partial charge is 0.469 e. The van der Waals surface area contributed by atoms with Crippen LogP contribution in [0.4, 0.5) is 0 Å². The van der Waals surface area contributed by atoms with Crippen molar-refractivity contribution in [2.75, 3.05) is 0 Å². The van der Waals surface area contributed by atoms with E-state index in [1.807, 2.05) is 12.2 Å². The Labute approximate surface area is 48.7 Å². The van der Waals surface area contributed by atoms with Crippen LogP contribution in [-0.4, -0.2) is 0 Å². The molecule has 2 aliphatic heterocycles. The fraction of sp³-hybridized carbons (Fsp3) is 0. The van der Waals surface area contributed by atoms with Crippen LogP contribution in [0.1, 0.15) is 0 Å². The highest BCUT2D eigenvalue weighted by Gasteiger charge is 2.13. The Morgan fingerprint density at radius 3 is 3.50 bits per heavy atom. The molecule has 0 aromatic rings. The summed E-state index contributed by atoms with van der Waals surface area (Å²) in [6, 6.07) is 0. The molecule has 0 radical (unpaired) electrons. The van der Waals surface area contributed by atoms with Gasteiger partial charge in [0, 0.05) is 0 Å². The highest BCUT2D eigenvalue weighted by molar-refractivity contribution is 7.53. The minimum atomic E-state index is -0.699. The zero-order valence-electron chi connectivity index (χ0n) is 4.07. The summed E-state index contributed by atoms with van der Waals surface area (Å²) in [5.41, 5.74) is 0. The fourth-order valence-electron chi connectivity index (χ4n) is 0.635. The van der Waals surface area contributed by atoms with Crippen LogP contribution in [0, 0.1) is 6.61 Å². The van der Waals surface area contributed by atoms with E-state index < -0.39 is 8.38 Å². The molecule has 0 aromatic carbocycles. The van der Waals surface area contributed by atoms with Gasteiger partial charge in [0.15, 0.2) is 8.38 Å². The molecule has 0 amide bonds. The van der Waals surface area contributed by atoms with E-state index in [4.69, 9.17) is 9.05 Å². The molecule has 3 heteroatoms. The first-order valence-electron chi connectivity index (χ1n) is 2.30. The van der Waals surface area contributed by atoms with Gasteiger partial charge in [-0.2, -0.15) is 6.08 Å². The quantitative estimate of drug-likeness (QED) is 0.365. The van der Waals surface area contributed by atoms with Gasteiger partial charge in [-0.05, 0) is 0 Å². The SMILES string of the molecule is C1=CC2=C[CH-]OP2O1. The summed E-state index contributed by atoms with van der Waals surface area (Å²) in [7, 11) is -0.699. The molecule has 2 nitrogen and oxygen atoms in total. The number of rotatable bonds is 0. The van der Waals surface area contributed by atoms with Gasteiger partial charge in [-0.25, -0.2) is 0 Å². The van der Waals surface area contributed by atoms with Gasteiger partial charge < -0.3 is 9.05 Å². The lowest BCUT2D eigenvalue weighted by molar-refractivity contribution is 0.404. The lowest BCUT2D eigenvalue weighted by atomic mass is 10.5. The van der Waals surface area contributed by atoms with Gasteiger partial charge in [0.2, 0.25) is 0 Å². The van der Waals surface area contributed by atoms with Crippen LogP contribution in [0.15, 0.2) is 23.7 Å². The highest BCUT2D eigenvalue weighted by Crippen LogP contribution is 2.56. The summed E-state index contributed by atoms with van der Waals surface area (Å²) in [4.78, 5) is 0. The Hall–Kier alpha value is -0.460. The molecule has 0 spiro atoms. The van der Waals surface area contributed by atoms with Gasteiger partial charge in [0.05, 0.1) is 6.26 Å². The van der Waals surface area contributed by atoms with Crippen LogP contribution in [0.5, 0.6) is 0 Å². The fourth-order valence-corrected chi connectivity index (χ4v) is 1.64. The van der Waals surface area contributed by atoms with E-state index in [2.05, 4.69) is 0 Å². The monoisotopic (exact) mass is 127 g/mol. The third kappa shape index (κ3) is 0.473. The molecule has 8 heavy (non-hydrogen) atoms. The number of allylic oxidation sites excluding steroid dienone is 2. The maximum atomic E-state index is 5.04. The predicted molar refractivity (Wildman–Crippen MR) is 30.6 cm³/mol. The Kier molecular flexibility index (Phi) is 0.833. The van der Waals surface area contributed by atoms with Gasteiger partial charge >= 0.3 is 0 Å². The second kappa shape index (κ2) is 1.51. The molecule has 2 rings (SSSR count). The van der Waals surface area contributed by atoms with E-state index in [0.717, 1.165) is 0 Å². The zero-order chi connectivity index (χ0) is 5.40. The summed E-state index contributed by atoms with van der Waals surface area (Å²) in [5, 5.41) is 1.17. The van der Waals surface area contributed by atoms with Gasteiger partial charge in [-0.3, -0.25) is 0 Å². The van der Waals surface area contributed by atoms with Gasteiger partial charge in [0.1, 0.15) is 0 Å². The highest BCUT2D eigenvalue weighted by atomic mass is 31.2. The normalized spacial score (nSPS) is 31.0. The summed E-state index contributed by atoms with van der Waals surface area (Å²) < 4.78 is 10.1. The average Bonchev–Trinajstić information content (AvgIpc) is 2.15. The Morgan fingerprint density at radius 2 is 2.62 bits per heavy atom. The molecule has 0 saturated carbocycles. The summed E-state index contributed by atoms with van der Waals surface area (Å²) in [6.45, 7) is 1.67. The molecule has 1 unspecified atom stereocenters. The first-order valence-corrected chi connectivity index (χ1v) is 3.48. The van der Waals surface area contributed by atoms with Crippen molar-refractivity contribution in [3.8, 4) is 0 Å². The van der Waals surface area contributed by atoms with Crippen molar-refractivity contribution in [2.24, 2.45) is 0 Å². The molecule has 0 bridgehead atoms. The van der Waals surface area contributed by atoms with Crippen LogP contribution in [0.2, 0.25) is 0 Å². The minimum Gasteiger partial charge on any atom is -0.469 e. The smallest absolute Gasteiger partial charge is 0.157 e. The van der Waals surface area contributed by atoms with Crippen molar-refractivity contribution < 1.29 is 9.05 Å². The molecule has 42 valence electrons. The number of fused-ring (bicyclic) bond motifs is 1. The maximum absolute atomic E-state index is 5.04. The van der Waals surface area contributed by atoms with E-state index in [1.54, 1.807) is 12.9 Å². The summed E-state index contributed by atoms with van der Waals surface area (Å²) in [6.07, 6.45) is 5.52. The van der Waals surface area contributed by atoms with Crippen molar-refractivity contribution in [2.45, 2.75) is 0 Å². The van der Waals surface area contributed by atoms with E-state index in [0.29, 0.717) is 0 Å². The summed E-state index contributed by atoms with van der Waals surface area (Å²) in [5.74, 6) is 0. The summed E-state index contributed by atoms with van der Waals surface area (Å²) >= 11 is 0. The molecule has 0 aromatic heterocycles. The van der Waals surface area contributed by atoms with Crippen molar-refractivity contribution in [1.82, 2.24) is 0 Å². The molecule has 0 N–H and O–H groups in total. The van der Waals surface area contributed by atoms with Crippen LogP contribution >= 0.6 is 8.38 Å². The molecule has 1 atom stereocenters. The van der Waals surface area contributed by atoms with Crippen LogP contribution in [0.25, 0.3) is 0 Å². The molecule has 2 aliphatic rings. The van der Waals surface area contributed by atoms with Gasteiger partial charge in [-0.1, -0.05) is 6.08 Å². The topological polar surface area (TPSA) is 18.5 Å². The minimum absolute atomic E-state index is 0.699. The van der Waals surface area contributed by atoms with Crippen LogP contribution in [0.3, 0.4) is 0 Å². The second-order valence-electron chi connectivity index (χ2n) is 1.50. The Morgan fingerprint density at radius 1 is 1.62 bits per heavy atom. The van der Waals surface area contributed by atoms with Crippen LogP contribution in [-0.2, 0) is 9.05 Å². The van der Waals surface area contributed by atoms with E-state index in [9.17, 15) is 0 Å². The molecule has 0 fully saturated rings. The van der Waals surface area contributed by atoms with Crippen molar-refractivity contribution in [3.05, 3.63) is 30.3 Å². The lowest BCUT2D eigenvalue weighted by Crippen LogP contribution is -1.67. The third-order valence-electron chi connectivity index (χ3n) is 1.00.